The van der Waals surface area contributed by atoms with E-state index in [4.69, 9.17) is 4.74 Å². The standard InChI is InChI=1S/C27H24N2O4/c1-27-16-21(20-14-8-9-15-22(20)33-25(32)19-12-6-3-7-13-19)29(26(27)28-23(30)17-27)24(31)18-10-4-2-5-11-18/h2-15,21,26H,16-17H2,1H3,(H,28,30)/t21?,26?,27-/m1/s1. The zero-order valence-electron chi connectivity index (χ0n) is 18.2. The quantitative estimate of drug-likeness (QED) is 0.484. The molecule has 0 spiro atoms. The molecule has 2 fully saturated rings. The van der Waals surface area contributed by atoms with E-state index in [9.17, 15) is 14.4 Å². The van der Waals surface area contributed by atoms with Gasteiger partial charge in [-0.05, 0) is 36.8 Å². The first-order chi connectivity index (χ1) is 16.0. The van der Waals surface area contributed by atoms with Crippen molar-refractivity contribution in [1.82, 2.24) is 10.2 Å². The van der Waals surface area contributed by atoms with Gasteiger partial charge < -0.3 is 15.0 Å². The van der Waals surface area contributed by atoms with Gasteiger partial charge in [-0.25, -0.2) is 4.79 Å². The van der Waals surface area contributed by atoms with Crippen LogP contribution >= 0.6 is 0 Å². The highest BCUT2D eigenvalue weighted by atomic mass is 16.5. The summed E-state index contributed by atoms with van der Waals surface area (Å²) in [5.41, 5.74) is 1.33. The zero-order valence-corrected chi connectivity index (χ0v) is 18.2. The Morgan fingerprint density at radius 3 is 2.21 bits per heavy atom. The van der Waals surface area contributed by atoms with E-state index >= 15 is 0 Å². The molecule has 5 rings (SSSR count). The van der Waals surface area contributed by atoms with E-state index in [0.717, 1.165) is 5.56 Å². The third kappa shape index (κ3) is 3.78. The first-order valence-corrected chi connectivity index (χ1v) is 11.0. The number of esters is 1. The predicted octanol–water partition coefficient (Wildman–Crippen LogP) is 4.35. The number of nitrogens with one attached hydrogen (secondary N) is 1. The zero-order chi connectivity index (χ0) is 23.0. The number of rotatable bonds is 4. The van der Waals surface area contributed by atoms with Crippen LogP contribution in [0.4, 0.5) is 0 Å². The molecule has 2 saturated heterocycles. The van der Waals surface area contributed by atoms with Crippen LogP contribution in [-0.2, 0) is 4.79 Å². The lowest BCUT2D eigenvalue weighted by Crippen LogP contribution is -2.47. The summed E-state index contributed by atoms with van der Waals surface area (Å²) in [6, 6.07) is 24.8. The fourth-order valence-corrected chi connectivity index (χ4v) is 4.98. The van der Waals surface area contributed by atoms with E-state index < -0.39 is 17.6 Å². The molecule has 6 heteroatoms. The molecular formula is C27H24N2O4. The van der Waals surface area contributed by atoms with Crippen LogP contribution in [0.2, 0.25) is 0 Å². The summed E-state index contributed by atoms with van der Waals surface area (Å²) in [5.74, 6) is -0.268. The molecular weight excluding hydrogens is 416 g/mol. The molecule has 3 aromatic carbocycles. The summed E-state index contributed by atoms with van der Waals surface area (Å²) in [4.78, 5) is 40.4. The number of hydrogen-bond acceptors (Lipinski definition) is 4. The average Bonchev–Trinajstić information content (AvgIpc) is 3.28. The number of likely N-dealkylation sites (tertiary alicyclic amines) is 1. The molecule has 0 radical (unpaired) electrons. The van der Waals surface area contributed by atoms with Crippen LogP contribution in [-0.4, -0.2) is 28.8 Å². The van der Waals surface area contributed by atoms with Crippen molar-refractivity contribution in [1.29, 1.82) is 0 Å². The van der Waals surface area contributed by atoms with Crippen molar-refractivity contribution in [3.05, 3.63) is 102 Å². The highest BCUT2D eigenvalue weighted by Crippen LogP contribution is 2.53. The molecule has 0 bridgehead atoms. The van der Waals surface area contributed by atoms with E-state index in [1.54, 1.807) is 53.4 Å². The Labute approximate surface area is 192 Å². The van der Waals surface area contributed by atoms with Crippen LogP contribution in [0.3, 0.4) is 0 Å². The van der Waals surface area contributed by atoms with Crippen LogP contribution < -0.4 is 10.1 Å². The normalized spacial score (nSPS) is 23.7. The smallest absolute Gasteiger partial charge is 0.343 e. The highest BCUT2D eigenvalue weighted by molar-refractivity contribution is 5.96. The van der Waals surface area contributed by atoms with Gasteiger partial charge in [-0.3, -0.25) is 9.59 Å². The average molecular weight is 440 g/mol. The molecule has 3 atom stereocenters. The first-order valence-electron chi connectivity index (χ1n) is 11.0. The Hall–Kier alpha value is -3.93. The van der Waals surface area contributed by atoms with Gasteiger partial charge in [0.15, 0.2) is 0 Å². The second kappa shape index (κ2) is 8.20. The van der Waals surface area contributed by atoms with Gasteiger partial charge in [0.2, 0.25) is 5.91 Å². The number of hydrogen-bond donors (Lipinski definition) is 1. The van der Waals surface area contributed by atoms with Crippen LogP contribution in [0.5, 0.6) is 5.75 Å². The number of benzene rings is 3. The minimum Gasteiger partial charge on any atom is -0.423 e. The van der Waals surface area contributed by atoms with Gasteiger partial charge in [-0.15, -0.1) is 0 Å². The monoisotopic (exact) mass is 440 g/mol. The fourth-order valence-electron chi connectivity index (χ4n) is 4.98. The Morgan fingerprint density at radius 1 is 0.909 bits per heavy atom. The summed E-state index contributed by atoms with van der Waals surface area (Å²) in [5, 5.41) is 3.00. The number of ether oxygens (including phenoxy) is 1. The van der Waals surface area contributed by atoms with Crippen molar-refractivity contribution in [2.45, 2.75) is 32.0 Å². The van der Waals surface area contributed by atoms with E-state index in [2.05, 4.69) is 5.32 Å². The number of amides is 2. The summed E-state index contributed by atoms with van der Waals surface area (Å²) >= 11 is 0. The molecule has 33 heavy (non-hydrogen) atoms. The second-order valence-corrected chi connectivity index (χ2v) is 8.89. The van der Waals surface area contributed by atoms with Crippen molar-refractivity contribution in [3.63, 3.8) is 0 Å². The SMILES string of the molecule is C[C@@]12CC(=O)NC1N(C(=O)c1ccccc1)C(c1ccccc1OC(=O)c1ccccc1)C2. The van der Waals surface area contributed by atoms with Crippen molar-refractivity contribution in [2.75, 3.05) is 0 Å². The topological polar surface area (TPSA) is 75.7 Å². The van der Waals surface area contributed by atoms with Crippen molar-refractivity contribution >= 4 is 17.8 Å². The predicted molar refractivity (Wildman–Crippen MR) is 122 cm³/mol. The minimum absolute atomic E-state index is 0.0596. The maximum absolute atomic E-state index is 13.6. The molecule has 0 aromatic heterocycles. The molecule has 0 saturated carbocycles. The number of nitrogens with zero attached hydrogens (tertiary/aromatic N) is 1. The van der Waals surface area contributed by atoms with E-state index in [1.165, 1.54) is 0 Å². The molecule has 166 valence electrons. The Kier molecular flexibility index (Phi) is 5.21. The van der Waals surface area contributed by atoms with Gasteiger partial charge in [0.1, 0.15) is 11.9 Å². The summed E-state index contributed by atoms with van der Waals surface area (Å²) in [7, 11) is 0. The Balaban J connectivity index is 1.53. The largest absolute Gasteiger partial charge is 0.423 e. The molecule has 3 aromatic rings. The second-order valence-electron chi connectivity index (χ2n) is 8.89. The first kappa shape index (κ1) is 20.9. The van der Waals surface area contributed by atoms with Gasteiger partial charge in [0.25, 0.3) is 5.91 Å². The molecule has 2 aliphatic heterocycles. The summed E-state index contributed by atoms with van der Waals surface area (Å²) < 4.78 is 5.79. The Bertz CT molecular complexity index is 1210. The van der Waals surface area contributed by atoms with Crippen molar-refractivity contribution < 1.29 is 19.1 Å². The van der Waals surface area contributed by atoms with Gasteiger partial charge >= 0.3 is 5.97 Å². The fraction of sp³-hybridized carbons (Fsp3) is 0.222. The third-order valence-corrected chi connectivity index (χ3v) is 6.54. The molecule has 2 aliphatic rings. The van der Waals surface area contributed by atoms with Crippen LogP contribution in [0, 0.1) is 5.41 Å². The maximum atomic E-state index is 13.6. The number of para-hydroxylation sites is 1. The van der Waals surface area contributed by atoms with E-state index in [0.29, 0.717) is 29.7 Å². The number of fused-ring (bicyclic) bond motifs is 1. The minimum atomic E-state index is -0.457. The molecule has 1 N–H and O–H groups in total. The molecule has 2 unspecified atom stereocenters. The maximum Gasteiger partial charge on any atom is 0.343 e. The van der Waals surface area contributed by atoms with Crippen LogP contribution in [0.15, 0.2) is 84.9 Å². The van der Waals surface area contributed by atoms with E-state index in [1.807, 2.05) is 43.3 Å². The molecule has 0 aliphatic carbocycles. The number of carbonyl (C=O) groups excluding carboxylic acids is 3. The molecule has 2 amide bonds. The van der Waals surface area contributed by atoms with Crippen LogP contribution in [0.1, 0.15) is 52.1 Å². The van der Waals surface area contributed by atoms with Crippen molar-refractivity contribution in [2.24, 2.45) is 5.41 Å². The Morgan fingerprint density at radius 2 is 1.52 bits per heavy atom. The van der Waals surface area contributed by atoms with Gasteiger partial charge in [0, 0.05) is 23.0 Å². The lowest BCUT2D eigenvalue weighted by Gasteiger charge is -2.32. The van der Waals surface area contributed by atoms with Crippen molar-refractivity contribution in [3.8, 4) is 5.75 Å². The molecule has 2 heterocycles. The van der Waals surface area contributed by atoms with Crippen LogP contribution in [0.25, 0.3) is 0 Å². The molecule has 6 nitrogen and oxygen atoms in total. The lowest BCUT2D eigenvalue weighted by atomic mass is 9.83. The summed E-state index contributed by atoms with van der Waals surface area (Å²) in [6.45, 7) is 2.03. The van der Waals surface area contributed by atoms with Gasteiger partial charge in [0.05, 0.1) is 11.6 Å². The lowest BCUT2D eigenvalue weighted by molar-refractivity contribution is -0.120. The summed E-state index contributed by atoms with van der Waals surface area (Å²) in [6.07, 6.45) is 0.494. The highest BCUT2D eigenvalue weighted by Gasteiger charge is 2.57. The van der Waals surface area contributed by atoms with Gasteiger partial charge in [-0.2, -0.15) is 0 Å². The van der Waals surface area contributed by atoms with E-state index in [-0.39, 0.29) is 17.9 Å². The number of carbonyl (C=O) groups is 3. The third-order valence-electron chi connectivity index (χ3n) is 6.54. The van der Waals surface area contributed by atoms with Gasteiger partial charge in [-0.1, -0.05) is 61.5 Å².